The molecule has 0 aromatic heterocycles. The molecular formula is C36H56O6. The molecule has 3 fully saturated rings. The first-order valence-electron chi connectivity index (χ1n) is 17.1. The van der Waals surface area contributed by atoms with E-state index >= 15 is 0 Å². The van der Waals surface area contributed by atoms with Gasteiger partial charge in [-0.3, -0.25) is 14.4 Å². The van der Waals surface area contributed by atoms with Crippen molar-refractivity contribution in [1.29, 1.82) is 0 Å². The zero-order valence-corrected chi connectivity index (χ0v) is 26.5. The van der Waals surface area contributed by atoms with Gasteiger partial charge in [-0.1, -0.05) is 103 Å². The number of carbonyl (C=O) groups is 3. The molecule has 236 valence electrons. The number of hydrogen-bond acceptors (Lipinski definition) is 6. The first-order valence-corrected chi connectivity index (χ1v) is 17.1. The predicted molar refractivity (Wildman–Crippen MR) is 165 cm³/mol. The molecule has 2 N–H and O–H groups in total. The molecule has 6 nitrogen and oxygen atoms in total. The van der Waals surface area contributed by atoms with E-state index in [1.165, 1.54) is 57.8 Å². The van der Waals surface area contributed by atoms with E-state index in [-0.39, 0.29) is 34.9 Å². The molecule has 0 bridgehead atoms. The largest absolute Gasteiger partial charge is 0.458 e. The molecule has 4 aliphatic rings. The molecule has 7 atom stereocenters. The van der Waals surface area contributed by atoms with E-state index in [0.29, 0.717) is 25.7 Å². The minimum Gasteiger partial charge on any atom is -0.458 e. The second-order valence-electron chi connectivity index (χ2n) is 14.3. The van der Waals surface area contributed by atoms with Crippen molar-refractivity contribution < 1.29 is 29.3 Å². The SMILES string of the molecule is CCCCCCCCCCCCCCC(=O)OCC(=O)[C@@]1(O)CC[C@H]2[C@@H]3CCC4=CC(=O)C=C[C@]4(C)[C@H]3[C@@H](O)C[C@@]21C. The highest BCUT2D eigenvalue weighted by Crippen LogP contribution is 2.67. The molecule has 0 aromatic carbocycles. The van der Waals surface area contributed by atoms with Gasteiger partial charge in [-0.25, -0.2) is 0 Å². The fraction of sp³-hybridized carbons (Fsp3) is 0.806. The number of aliphatic hydroxyl groups excluding tert-OH is 1. The molecule has 0 saturated heterocycles. The summed E-state index contributed by atoms with van der Waals surface area (Å²) in [6.07, 6.45) is 22.6. The highest BCUT2D eigenvalue weighted by atomic mass is 16.5. The van der Waals surface area contributed by atoms with Gasteiger partial charge >= 0.3 is 5.97 Å². The lowest BCUT2D eigenvalue weighted by Gasteiger charge is -2.59. The highest BCUT2D eigenvalue weighted by Gasteiger charge is 2.68. The third-order valence-electron chi connectivity index (χ3n) is 11.7. The predicted octanol–water partition coefficient (Wildman–Crippen LogP) is 7.20. The smallest absolute Gasteiger partial charge is 0.306 e. The van der Waals surface area contributed by atoms with Gasteiger partial charge in [0.15, 0.2) is 12.4 Å². The number of allylic oxidation sites excluding steroid dienone is 4. The summed E-state index contributed by atoms with van der Waals surface area (Å²) >= 11 is 0. The van der Waals surface area contributed by atoms with Crippen LogP contribution in [0.3, 0.4) is 0 Å². The lowest BCUT2D eigenvalue weighted by molar-refractivity contribution is -0.181. The van der Waals surface area contributed by atoms with Crippen LogP contribution in [0, 0.1) is 28.6 Å². The molecule has 0 unspecified atom stereocenters. The Morgan fingerprint density at radius 2 is 1.57 bits per heavy atom. The summed E-state index contributed by atoms with van der Waals surface area (Å²) in [5.41, 5.74) is -1.69. The number of ketones is 2. The van der Waals surface area contributed by atoms with Crippen LogP contribution in [-0.2, 0) is 19.1 Å². The van der Waals surface area contributed by atoms with Crippen LogP contribution in [0.15, 0.2) is 23.8 Å². The summed E-state index contributed by atoms with van der Waals surface area (Å²) in [7, 11) is 0. The first kappa shape index (κ1) is 33.1. The standard InChI is InChI=1S/C36H56O6/c1-4-5-6-7-8-9-10-11-12-13-14-15-16-32(40)42-25-31(39)36(41)22-20-29-28-18-17-26-23-27(37)19-21-34(26,2)33(28)30(38)24-35(29,36)3/h19,21,23,28-30,33,38,41H,4-18,20,22,24-25H2,1-3H3/t28-,29-,30-,33+,34-,35-,36-/m0/s1. The lowest BCUT2D eigenvalue weighted by Crippen LogP contribution is -2.61. The van der Waals surface area contributed by atoms with Gasteiger partial charge in [0, 0.05) is 23.2 Å². The third kappa shape index (κ3) is 6.80. The lowest BCUT2D eigenvalue weighted by atomic mass is 9.46. The first-order chi connectivity index (χ1) is 20.1. The fourth-order valence-corrected chi connectivity index (χ4v) is 9.24. The maximum absolute atomic E-state index is 13.4. The van der Waals surface area contributed by atoms with Crippen LogP contribution in [0.4, 0.5) is 0 Å². The Morgan fingerprint density at radius 3 is 2.21 bits per heavy atom. The Labute approximate surface area is 253 Å². The van der Waals surface area contributed by atoms with Gasteiger partial charge in [-0.2, -0.15) is 0 Å². The van der Waals surface area contributed by atoms with Gasteiger partial charge in [0.2, 0.25) is 5.78 Å². The zero-order chi connectivity index (χ0) is 30.4. The van der Waals surface area contributed by atoms with Crippen molar-refractivity contribution in [2.24, 2.45) is 28.6 Å². The molecule has 0 amide bonds. The van der Waals surface area contributed by atoms with Gasteiger partial charge in [0.25, 0.3) is 0 Å². The van der Waals surface area contributed by atoms with Gasteiger partial charge in [0.1, 0.15) is 5.60 Å². The van der Waals surface area contributed by atoms with E-state index in [1.54, 1.807) is 12.2 Å². The Bertz CT molecular complexity index is 1030. The molecule has 6 heteroatoms. The number of carbonyl (C=O) groups excluding carboxylic acids is 3. The van der Waals surface area contributed by atoms with Gasteiger partial charge in [-0.05, 0) is 62.5 Å². The monoisotopic (exact) mass is 584 g/mol. The molecule has 0 heterocycles. The number of hydrogen-bond donors (Lipinski definition) is 2. The third-order valence-corrected chi connectivity index (χ3v) is 11.7. The molecule has 42 heavy (non-hydrogen) atoms. The minimum absolute atomic E-state index is 0.00486. The van der Waals surface area contributed by atoms with Crippen molar-refractivity contribution in [3.63, 3.8) is 0 Å². The van der Waals surface area contributed by atoms with Gasteiger partial charge < -0.3 is 14.9 Å². The summed E-state index contributed by atoms with van der Waals surface area (Å²) < 4.78 is 5.38. The van der Waals surface area contributed by atoms with Crippen molar-refractivity contribution in [3.05, 3.63) is 23.8 Å². The van der Waals surface area contributed by atoms with E-state index in [2.05, 4.69) is 13.8 Å². The highest BCUT2D eigenvalue weighted by molar-refractivity contribution is 6.01. The minimum atomic E-state index is -1.62. The number of rotatable bonds is 16. The second kappa shape index (κ2) is 14.3. The topological polar surface area (TPSA) is 101 Å². The maximum atomic E-state index is 13.4. The van der Waals surface area contributed by atoms with Crippen LogP contribution in [0.5, 0.6) is 0 Å². The van der Waals surface area contributed by atoms with Crippen molar-refractivity contribution in [1.82, 2.24) is 0 Å². The zero-order valence-electron chi connectivity index (χ0n) is 26.5. The quantitative estimate of drug-likeness (QED) is 0.147. The van der Waals surface area contributed by atoms with Crippen molar-refractivity contribution in [3.8, 4) is 0 Å². The van der Waals surface area contributed by atoms with Crippen molar-refractivity contribution >= 4 is 17.5 Å². The molecule has 4 aliphatic carbocycles. The van der Waals surface area contributed by atoms with E-state index < -0.39 is 29.5 Å². The van der Waals surface area contributed by atoms with E-state index in [9.17, 15) is 24.6 Å². The number of aliphatic hydroxyl groups is 2. The second-order valence-corrected chi connectivity index (χ2v) is 14.3. The number of Topliss-reactive ketones (excluding diaryl/α,β-unsaturated/α-hetero) is 1. The maximum Gasteiger partial charge on any atom is 0.306 e. The van der Waals surface area contributed by atoms with Crippen LogP contribution < -0.4 is 0 Å². The number of fused-ring (bicyclic) bond motifs is 5. The molecule has 4 rings (SSSR count). The average molecular weight is 585 g/mol. The van der Waals surface area contributed by atoms with Crippen LogP contribution in [-0.4, -0.2) is 46.1 Å². The molecule has 0 radical (unpaired) electrons. The van der Waals surface area contributed by atoms with Crippen LogP contribution in [0.2, 0.25) is 0 Å². The van der Waals surface area contributed by atoms with Crippen LogP contribution in [0.25, 0.3) is 0 Å². The normalized spacial score (nSPS) is 35.3. The number of esters is 1. The summed E-state index contributed by atoms with van der Waals surface area (Å²) in [6, 6.07) is 0. The van der Waals surface area contributed by atoms with Gasteiger partial charge in [0.05, 0.1) is 6.10 Å². The summed E-state index contributed by atoms with van der Waals surface area (Å²) in [5.74, 6) is -0.626. The fourth-order valence-electron chi connectivity index (χ4n) is 9.24. The Balaban J connectivity index is 1.20. The molecule has 0 aromatic rings. The summed E-state index contributed by atoms with van der Waals surface area (Å²) in [5, 5.41) is 23.3. The van der Waals surface area contributed by atoms with E-state index in [1.807, 2.05) is 13.0 Å². The average Bonchev–Trinajstić information content (AvgIpc) is 3.23. The van der Waals surface area contributed by atoms with Crippen molar-refractivity contribution in [2.75, 3.05) is 6.61 Å². The van der Waals surface area contributed by atoms with E-state index in [4.69, 9.17) is 4.74 Å². The van der Waals surface area contributed by atoms with Crippen LogP contribution >= 0.6 is 0 Å². The van der Waals surface area contributed by atoms with Crippen molar-refractivity contribution in [2.45, 2.75) is 148 Å². The summed E-state index contributed by atoms with van der Waals surface area (Å²) in [4.78, 5) is 37.9. The molecule has 0 aliphatic heterocycles. The van der Waals surface area contributed by atoms with Crippen LogP contribution in [0.1, 0.15) is 136 Å². The molecule has 0 spiro atoms. The Kier molecular flexibility index (Phi) is 11.3. The number of ether oxygens (including phenoxy) is 1. The van der Waals surface area contributed by atoms with E-state index in [0.717, 1.165) is 37.7 Å². The molecule has 3 saturated carbocycles. The Hall–Kier alpha value is -1.79. The molecular weight excluding hydrogens is 528 g/mol. The Morgan fingerprint density at radius 1 is 0.952 bits per heavy atom. The summed E-state index contributed by atoms with van der Waals surface area (Å²) in [6.45, 7) is 5.91. The number of unbranched alkanes of at least 4 members (excludes halogenated alkanes) is 11. The van der Waals surface area contributed by atoms with Gasteiger partial charge in [-0.15, -0.1) is 0 Å².